The first-order valence-corrected chi connectivity index (χ1v) is 7.18. The van der Waals surface area contributed by atoms with Crippen LogP contribution in [-0.4, -0.2) is 25.3 Å². The Balaban J connectivity index is 1.88. The third kappa shape index (κ3) is 5.48. The molecule has 116 valence electrons. The van der Waals surface area contributed by atoms with Gasteiger partial charge in [-0.2, -0.15) is 0 Å². The number of esters is 1. The molecule has 22 heavy (non-hydrogen) atoms. The van der Waals surface area contributed by atoms with Crippen molar-refractivity contribution in [3.8, 4) is 11.5 Å². The minimum absolute atomic E-state index is 0.245. The second kappa shape index (κ2) is 8.08. The predicted molar refractivity (Wildman–Crippen MR) is 84.2 cm³/mol. The molecule has 1 atom stereocenters. The third-order valence-corrected chi connectivity index (χ3v) is 2.97. The number of aryl methyl sites for hydroxylation is 1. The number of rotatable bonds is 7. The van der Waals surface area contributed by atoms with E-state index in [9.17, 15) is 4.79 Å². The second-order valence-electron chi connectivity index (χ2n) is 4.98. The molecule has 0 heterocycles. The van der Waals surface area contributed by atoms with Crippen LogP contribution >= 0.6 is 0 Å². The fraction of sp³-hybridized carbons (Fsp3) is 0.278. The van der Waals surface area contributed by atoms with Crippen LogP contribution in [0.1, 0.15) is 12.5 Å². The fourth-order valence-corrected chi connectivity index (χ4v) is 1.88. The van der Waals surface area contributed by atoms with Crippen LogP contribution in [0.3, 0.4) is 0 Å². The summed E-state index contributed by atoms with van der Waals surface area (Å²) in [5, 5.41) is 0. The number of ether oxygens (including phenoxy) is 3. The first-order valence-electron chi connectivity index (χ1n) is 7.18. The first-order chi connectivity index (χ1) is 10.6. The van der Waals surface area contributed by atoms with E-state index in [0.717, 1.165) is 17.1 Å². The summed E-state index contributed by atoms with van der Waals surface area (Å²) in [5.41, 5.74) is 1.16. The molecule has 2 aromatic carbocycles. The van der Waals surface area contributed by atoms with Gasteiger partial charge in [0.1, 0.15) is 24.7 Å². The highest BCUT2D eigenvalue weighted by atomic mass is 16.6. The minimum Gasteiger partial charge on any atom is -0.490 e. The average Bonchev–Trinajstić information content (AvgIpc) is 2.52. The normalized spacial score (nSPS) is 11.5. The molecular weight excluding hydrogens is 280 g/mol. The Morgan fingerprint density at radius 2 is 1.45 bits per heavy atom. The molecule has 1 unspecified atom stereocenters. The van der Waals surface area contributed by atoms with Crippen LogP contribution < -0.4 is 9.47 Å². The maximum Gasteiger partial charge on any atom is 0.303 e. The summed E-state index contributed by atoms with van der Waals surface area (Å²) in [6, 6.07) is 17.1. The van der Waals surface area contributed by atoms with Gasteiger partial charge in [0.2, 0.25) is 0 Å². The van der Waals surface area contributed by atoms with Gasteiger partial charge < -0.3 is 14.2 Å². The molecule has 0 saturated heterocycles. The smallest absolute Gasteiger partial charge is 0.303 e. The van der Waals surface area contributed by atoms with Crippen molar-refractivity contribution in [1.29, 1.82) is 0 Å². The summed E-state index contributed by atoms with van der Waals surface area (Å²) in [7, 11) is 0. The van der Waals surface area contributed by atoms with Crippen molar-refractivity contribution in [3.05, 3.63) is 60.2 Å². The van der Waals surface area contributed by atoms with Crippen molar-refractivity contribution in [3.63, 3.8) is 0 Å². The number of benzene rings is 2. The summed E-state index contributed by atoms with van der Waals surface area (Å²) in [6.45, 7) is 3.88. The molecule has 0 aliphatic heterocycles. The van der Waals surface area contributed by atoms with Crippen molar-refractivity contribution < 1.29 is 19.0 Å². The maximum atomic E-state index is 11.2. The van der Waals surface area contributed by atoms with Gasteiger partial charge >= 0.3 is 5.97 Å². The monoisotopic (exact) mass is 300 g/mol. The Hall–Kier alpha value is -2.49. The van der Waals surface area contributed by atoms with Crippen LogP contribution in [0.4, 0.5) is 0 Å². The molecule has 0 aliphatic carbocycles. The molecule has 0 amide bonds. The van der Waals surface area contributed by atoms with E-state index in [-0.39, 0.29) is 19.2 Å². The molecule has 2 aromatic rings. The van der Waals surface area contributed by atoms with Crippen molar-refractivity contribution in [2.45, 2.75) is 20.0 Å². The first kappa shape index (κ1) is 15.9. The number of hydrogen-bond acceptors (Lipinski definition) is 4. The van der Waals surface area contributed by atoms with Gasteiger partial charge in [-0.05, 0) is 31.2 Å². The maximum absolute atomic E-state index is 11.2. The molecule has 0 aliphatic rings. The summed E-state index contributed by atoms with van der Waals surface area (Å²) < 4.78 is 16.5. The van der Waals surface area contributed by atoms with Gasteiger partial charge in [-0.25, -0.2) is 0 Å². The quantitative estimate of drug-likeness (QED) is 0.735. The van der Waals surface area contributed by atoms with E-state index in [2.05, 4.69) is 0 Å². The lowest BCUT2D eigenvalue weighted by Gasteiger charge is -2.18. The molecule has 0 fully saturated rings. The van der Waals surface area contributed by atoms with E-state index in [1.807, 2.05) is 61.5 Å². The van der Waals surface area contributed by atoms with Crippen LogP contribution in [0.15, 0.2) is 54.6 Å². The largest absolute Gasteiger partial charge is 0.490 e. The lowest BCUT2D eigenvalue weighted by Crippen LogP contribution is -2.30. The van der Waals surface area contributed by atoms with Crippen LogP contribution in [0.25, 0.3) is 0 Å². The molecule has 0 N–H and O–H groups in total. The number of hydrogen-bond donors (Lipinski definition) is 0. The molecule has 0 bridgehead atoms. The Labute approximate surface area is 130 Å². The minimum atomic E-state index is -0.459. The molecule has 4 nitrogen and oxygen atoms in total. The number of para-hydroxylation sites is 1. The predicted octanol–water partition coefficient (Wildman–Crippen LogP) is 3.38. The average molecular weight is 300 g/mol. The molecule has 0 spiro atoms. The van der Waals surface area contributed by atoms with Gasteiger partial charge in [0.15, 0.2) is 6.10 Å². The van der Waals surface area contributed by atoms with Crippen molar-refractivity contribution in [2.75, 3.05) is 13.2 Å². The summed E-state index contributed by atoms with van der Waals surface area (Å²) in [5.74, 6) is 1.12. The van der Waals surface area contributed by atoms with E-state index in [1.165, 1.54) is 6.92 Å². The number of carbonyl (C=O) groups excluding carboxylic acids is 1. The zero-order valence-corrected chi connectivity index (χ0v) is 12.8. The highest BCUT2D eigenvalue weighted by molar-refractivity contribution is 5.66. The van der Waals surface area contributed by atoms with Gasteiger partial charge in [0, 0.05) is 6.92 Å². The second-order valence-corrected chi connectivity index (χ2v) is 4.98. The zero-order chi connectivity index (χ0) is 15.8. The van der Waals surface area contributed by atoms with E-state index in [4.69, 9.17) is 14.2 Å². The summed E-state index contributed by atoms with van der Waals surface area (Å²) >= 11 is 0. The SMILES string of the molecule is CC(=O)OC(COc1ccccc1)COc1ccc(C)cc1. The number of carbonyl (C=O) groups is 1. The highest BCUT2D eigenvalue weighted by Crippen LogP contribution is 2.13. The standard InChI is InChI=1S/C18H20O4/c1-14-8-10-17(11-9-14)21-13-18(22-15(2)19)12-20-16-6-4-3-5-7-16/h3-11,18H,12-13H2,1-2H3. The van der Waals surface area contributed by atoms with Gasteiger partial charge in [-0.3, -0.25) is 4.79 Å². The van der Waals surface area contributed by atoms with E-state index in [1.54, 1.807) is 0 Å². The van der Waals surface area contributed by atoms with Crippen LogP contribution in [0.5, 0.6) is 11.5 Å². The Kier molecular flexibility index (Phi) is 5.83. The van der Waals surface area contributed by atoms with Gasteiger partial charge in [-0.15, -0.1) is 0 Å². The van der Waals surface area contributed by atoms with E-state index >= 15 is 0 Å². The van der Waals surface area contributed by atoms with Crippen LogP contribution in [0.2, 0.25) is 0 Å². The molecule has 0 radical (unpaired) electrons. The summed E-state index contributed by atoms with van der Waals surface area (Å²) in [6.07, 6.45) is -0.459. The van der Waals surface area contributed by atoms with Crippen LogP contribution in [-0.2, 0) is 9.53 Å². The highest BCUT2D eigenvalue weighted by Gasteiger charge is 2.14. The third-order valence-electron chi connectivity index (χ3n) is 2.97. The Morgan fingerprint density at radius 1 is 0.909 bits per heavy atom. The van der Waals surface area contributed by atoms with Crippen LogP contribution in [0, 0.1) is 6.92 Å². The Morgan fingerprint density at radius 3 is 2.00 bits per heavy atom. The lowest BCUT2D eigenvalue weighted by molar-refractivity contribution is -0.149. The van der Waals surface area contributed by atoms with Crippen molar-refractivity contribution in [1.82, 2.24) is 0 Å². The molecule has 2 rings (SSSR count). The molecule has 4 heteroatoms. The zero-order valence-electron chi connectivity index (χ0n) is 12.8. The van der Waals surface area contributed by atoms with E-state index < -0.39 is 6.10 Å². The van der Waals surface area contributed by atoms with Gasteiger partial charge in [0.25, 0.3) is 0 Å². The van der Waals surface area contributed by atoms with Gasteiger partial charge in [-0.1, -0.05) is 35.9 Å². The van der Waals surface area contributed by atoms with Crippen molar-refractivity contribution >= 4 is 5.97 Å². The fourth-order valence-electron chi connectivity index (χ4n) is 1.88. The molecule has 0 aromatic heterocycles. The molecule has 0 saturated carbocycles. The van der Waals surface area contributed by atoms with E-state index in [0.29, 0.717) is 0 Å². The summed E-state index contributed by atoms with van der Waals surface area (Å²) in [4.78, 5) is 11.2. The lowest BCUT2D eigenvalue weighted by atomic mass is 10.2. The molecular formula is C18H20O4. The topological polar surface area (TPSA) is 44.8 Å². The van der Waals surface area contributed by atoms with Gasteiger partial charge in [0.05, 0.1) is 0 Å². The van der Waals surface area contributed by atoms with Crippen molar-refractivity contribution in [2.24, 2.45) is 0 Å². The Bertz CT molecular complexity index is 578.